The molecule has 0 spiro atoms. The first-order valence-corrected chi connectivity index (χ1v) is 21.8. The number of urea groups is 1. The van der Waals surface area contributed by atoms with Crippen molar-refractivity contribution in [2.24, 2.45) is 0 Å². The van der Waals surface area contributed by atoms with Gasteiger partial charge in [0.25, 0.3) is 5.91 Å². The molecule has 9 rings (SSSR count). The average Bonchev–Trinajstić information content (AvgIpc) is 4.04. The summed E-state index contributed by atoms with van der Waals surface area (Å²) in [5.41, 5.74) is 6.51. The lowest BCUT2D eigenvalue weighted by Gasteiger charge is -2.32. The first-order chi connectivity index (χ1) is 29.8. The maximum Gasteiger partial charge on any atom is 0.322 e. The van der Waals surface area contributed by atoms with E-state index < -0.39 is 11.6 Å². The van der Waals surface area contributed by atoms with Crippen LogP contribution in [0.3, 0.4) is 0 Å². The third-order valence-electron chi connectivity index (χ3n) is 10.6. The molecule has 61 heavy (non-hydrogen) atoms. The Balaban J connectivity index is 0.959. The number of hydrogen-bond donors (Lipinski definition) is 4. The Morgan fingerprint density at radius 2 is 0.902 bits per heavy atom. The van der Waals surface area contributed by atoms with Crippen LogP contribution in [0.1, 0.15) is 26.7 Å². The van der Waals surface area contributed by atoms with Gasteiger partial charge in [0.1, 0.15) is 5.54 Å². The van der Waals surface area contributed by atoms with E-state index in [1.165, 1.54) is 0 Å². The molecule has 1 fully saturated rings. The molecule has 2 unspecified atom stereocenters. The number of benzene rings is 4. The Labute approximate surface area is 362 Å². The molecule has 4 aromatic carbocycles. The largest absolute Gasteiger partial charge is 0.352 e. The Morgan fingerprint density at radius 3 is 1.28 bits per heavy atom. The fraction of sp³-hybridized carbons (Fsp3) is 0.143. The van der Waals surface area contributed by atoms with E-state index in [2.05, 4.69) is 94.1 Å². The smallest absolute Gasteiger partial charge is 0.322 e. The molecule has 4 N–H and O–H groups in total. The normalized spacial score (nSPS) is 15.8. The van der Waals surface area contributed by atoms with Crippen LogP contribution in [0.5, 0.6) is 0 Å². The highest BCUT2D eigenvalue weighted by atomic mass is 32.1. The molecule has 0 saturated carbocycles. The van der Waals surface area contributed by atoms with Gasteiger partial charge in [0.2, 0.25) is 11.9 Å². The van der Waals surface area contributed by atoms with Crippen LogP contribution in [0.25, 0.3) is 64.3 Å². The standard InChI is InChI=1S/C49H42N8O2S2/c1-31(52-46-50-29-37(33-15-7-3-8-16-33)43(54-46)41-25-23-39(60-41)35-19-11-5-12-20-35)27-49(45(58)56-48(59)57-49)28-32(2)53-47-51-30-38(34-17-9-4-10-18-34)44(55-47)42-26-24-40(61-42)36-21-13-6-14-22-36/h3-26,29-32H,27-28H2,1-2H3,(H,50,52,54)(H,51,53,55)(H2,56,57,58,59). The van der Waals surface area contributed by atoms with Crippen LogP contribution in [-0.2, 0) is 4.79 Å². The molecule has 3 amide bonds. The first-order valence-electron chi connectivity index (χ1n) is 20.1. The number of anilines is 2. The topological polar surface area (TPSA) is 134 Å². The predicted molar refractivity (Wildman–Crippen MR) is 247 cm³/mol. The van der Waals surface area contributed by atoms with Crippen molar-refractivity contribution >= 4 is 46.5 Å². The number of aromatic nitrogens is 4. The summed E-state index contributed by atoms with van der Waals surface area (Å²) in [4.78, 5) is 50.4. The van der Waals surface area contributed by atoms with Crippen molar-refractivity contribution in [1.82, 2.24) is 30.6 Å². The van der Waals surface area contributed by atoms with Gasteiger partial charge in [-0.15, -0.1) is 22.7 Å². The number of amides is 3. The third-order valence-corrected chi connectivity index (χ3v) is 12.9. The second kappa shape index (κ2) is 17.3. The van der Waals surface area contributed by atoms with Gasteiger partial charge in [-0.05, 0) is 73.2 Å². The molecule has 2 atom stereocenters. The van der Waals surface area contributed by atoms with Gasteiger partial charge in [0.15, 0.2) is 0 Å². The molecule has 1 saturated heterocycles. The maximum absolute atomic E-state index is 13.7. The zero-order valence-electron chi connectivity index (χ0n) is 33.5. The molecule has 5 heterocycles. The van der Waals surface area contributed by atoms with Crippen molar-refractivity contribution < 1.29 is 9.59 Å². The molecular weight excluding hydrogens is 797 g/mol. The monoisotopic (exact) mass is 838 g/mol. The molecule has 8 aromatic rings. The van der Waals surface area contributed by atoms with E-state index in [0.29, 0.717) is 11.9 Å². The van der Waals surface area contributed by atoms with Gasteiger partial charge in [0, 0.05) is 45.4 Å². The van der Waals surface area contributed by atoms with Crippen molar-refractivity contribution in [2.45, 2.75) is 44.3 Å². The minimum absolute atomic E-state index is 0.267. The quantitative estimate of drug-likeness (QED) is 0.0796. The zero-order valence-corrected chi connectivity index (χ0v) is 35.1. The molecule has 0 radical (unpaired) electrons. The van der Waals surface area contributed by atoms with E-state index in [-0.39, 0.29) is 30.8 Å². The van der Waals surface area contributed by atoms with E-state index in [1.54, 1.807) is 22.7 Å². The summed E-state index contributed by atoms with van der Waals surface area (Å²) in [6.45, 7) is 3.93. The van der Waals surface area contributed by atoms with Crippen LogP contribution in [0.15, 0.2) is 158 Å². The SMILES string of the molecule is CC(CC1(CC(C)Nc2ncc(-c3ccccc3)c(-c3ccc(-c4ccccc4)s3)n2)NC(=O)NC1=O)Nc1ncc(-c2ccccc2)c(-c2ccc(-c3ccccc3)s2)n1. The summed E-state index contributed by atoms with van der Waals surface area (Å²) >= 11 is 3.35. The van der Waals surface area contributed by atoms with Crippen molar-refractivity contribution in [1.29, 1.82) is 0 Å². The first kappa shape index (κ1) is 39.4. The predicted octanol–water partition coefficient (Wildman–Crippen LogP) is 11.1. The van der Waals surface area contributed by atoms with Gasteiger partial charge in [-0.3, -0.25) is 10.1 Å². The van der Waals surface area contributed by atoms with E-state index in [9.17, 15) is 9.59 Å². The van der Waals surface area contributed by atoms with Crippen LogP contribution >= 0.6 is 22.7 Å². The number of imide groups is 1. The Bertz CT molecular complexity index is 2620. The van der Waals surface area contributed by atoms with Gasteiger partial charge in [0.05, 0.1) is 21.1 Å². The van der Waals surface area contributed by atoms with Gasteiger partial charge in [-0.2, -0.15) is 0 Å². The summed E-state index contributed by atoms with van der Waals surface area (Å²) in [5.74, 6) is 0.457. The summed E-state index contributed by atoms with van der Waals surface area (Å²) in [7, 11) is 0. The van der Waals surface area contributed by atoms with Crippen LogP contribution in [-0.4, -0.2) is 49.5 Å². The van der Waals surface area contributed by atoms with Crippen molar-refractivity contribution in [2.75, 3.05) is 10.6 Å². The summed E-state index contributed by atoms with van der Waals surface area (Å²) in [5, 5.41) is 12.3. The van der Waals surface area contributed by atoms with Gasteiger partial charge >= 0.3 is 6.03 Å². The molecule has 12 heteroatoms. The lowest BCUT2D eigenvalue weighted by Crippen LogP contribution is -2.52. The number of rotatable bonds is 14. The highest BCUT2D eigenvalue weighted by Gasteiger charge is 2.48. The number of hydrogen-bond acceptors (Lipinski definition) is 10. The van der Waals surface area contributed by atoms with Crippen molar-refractivity contribution in [3.05, 3.63) is 158 Å². The lowest BCUT2D eigenvalue weighted by atomic mass is 9.85. The van der Waals surface area contributed by atoms with Crippen molar-refractivity contribution in [3.8, 4) is 64.3 Å². The van der Waals surface area contributed by atoms with E-state index in [0.717, 1.165) is 64.3 Å². The number of carbonyl (C=O) groups excluding carboxylic acids is 2. The van der Waals surface area contributed by atoms with Gasteiger partial charge < -0.3 is 16.0 Å². The fourth-order valence-electron chi connectivity index (χ4n) is 7.87. The zero-order chi connectivity index (χ0) is 41.8. The van der Waals surface area contributed by atoms with Gasteiger partial charge in [-0.25, -0.2) is 24.7 Å². The third kappa shape index (κ3) is 8.68. The Kier molecular flexibility index (Phi) is 11.2. The molecule has 1 aliphatic heterocycles. The minimum atomic E-state index is -1.23. The molecule has 302 valence electrons. The van der Waals surface area contributed by atoms with Crippen LogP contribution in [0.2, 0.25) is 0 Å². The number of nitrogens with one attached hydrogen (secondary N) is 4. The summed E-state index contributed by atoms with van der Waals surface area (Å²) in [6.07, 6.45) is 4.22. The molecule has 10 nitrogen and oxygen atoms in total. The Morgan fingerprint density at radius 1 is 0.525 bits per heavy atom. The number of thiophene rings is 2. The summed E-state index contributed by atoms with van der Waals surface area (Å²) < 4.78 is 0. The minimum Gasteiger partial charge on any atom is -0.352 e. The van der Waals surface area contributed by atoms with E-state index in [4.69, 9.17) is 19.9 Å². The second-order valence-electron chi connectivity index (χ2n) is 15.2. The van der Waals surface area contributed by atoms with Crippen LogP contribution in [0, 0.1) is 0 Å². The molecule has 0 aliphatic carbocycles. The molecule has 4 aromatic heterocycles. The van der Waals surface area contributed by atoms with E-state index in [1.807, 2.05) is 99.0 Å². The average molecular weight is 839 g/mol. The van der Waals surface area contributed by atoms with Crippen LogP contribution < -0.4 is 21.3 Å². The number of carbonyl (C=O) groups is 2. The number of nitrogens with zero attached hydrogens (tertiary/aromatic N) is 4. The Hall–Kier alpha value is -7.02. The highest BCUT2D eigenvalue weighted by Crippen LogP contribution is 2.40. The van der Waals surface area contributed by atoms with Gasteiger partial charge in [-0.1, -0.05) is 121 Å². The molecule has 0 bridgehead atoms. The molecular formula is C49H42N8O2S2. The lowest BCUT2D eigenvalue weighted by molar-refractivity contribution is -0.124. The fourth-order valence-corrected chi connectivity index (χ4v) is 9.90. The maximum atomic E-state index is 13.7. The summed E-state index contributed by atoms with van der Waals surface area (Å²) in [6, 6.07) is 48.1. The second-order valence-corrected chi connectivity index (χ2v) is 17.4. The highest BCUT2D eigenvalue weighted by molar-refractivity contribution is 7.19. The van der Waals surface area contributed by atoms with Crippen molar-refractivity contribution in [3.63, 3.8) is 0 Å². The van der Waals surface area contributed by atoms with E-state index >= 15 is 0 Å². The molecule has 1 aliphatic rings. The van der Waals surface area contributed by atoms with Crippen LogP contribution in [0.4, 0.5) is 16.7 Å².